The van der Waals surface area contributed by atoms with Gasteiger partial charge in [0.25, 0.3) is 0 Å². The van der Waals surface area contributed by atoms with Crippen molar-refractivity contribution in [3.8, 4) is 5.75 Å². The molecule has 4 heteroatoms. The van der Waals surface area contributed by atoms with E-state index in [-0.39, 0.29) is 11.0 Å². The van der Waals surface area contributed by atoms with Crippen LogP contribution in [-0.2, 0) is 12.0 Å². The van der Waals surface area contributed by atoms with E-state index < -0.39 is 0 Å². The molecule has 110 valence electrons. The van der Waals surface area contributed by atoms with E-state index in [9.17, 15) is 0 Å². The Labute approximate surface area is 120 Å². The van der Waals surface area contributed by atoms with Crippen LogP contribution in [0.25, 0.3) is 11.0 Å². The molecule has 20 heavy (non-hydrogen) atoms. The largest absolute Gasteiger partial charge is 0.497 e. The second kappa shape index (κ2) is 4.77. The van der Waals surface area contributed by atoms with E-state index in [2.05, 4.69) is 31.4 Å². The fourth-order valence-electron chi connectivity index (χ4n) is 2.32. The number of aromatic nitrogens is 2. The van der Waals surface area contributed by atoms with Crippen molar-refractivity contribution in [1.82, 2.24) is 9.55 Å². The first kappa shape index (κ1) is 14.9. The van der Waals surface area contributed by atoms with Crippen LogP contribution in [0.15, 0.2) is 18.2 Å². The number of benzene rings is 1. The Morgan fingerprint density at radius 2 is 1.90 bits per heavy atom. The highest BCUT2D eigenvalue weighted by Gasteiger charge is 2.39. The zero-order chi connectivity index (χ0) is 15.1. The molecule has 0 saturated carbocycles. The summed E-state index contributed by atoms with van der Waals surface area (Å²) < 4.78 is 7.52. The van der Waals surface area contributed by atoms with Gasteiger partial charge in [-0.1, -0.05) is 13.8 Å². The van der Waals surface area contributed by atoms with Gasteiger partial charge in [0.2, 0.25) is 0 Å². The van der Waals surface area contributed by atoms with Gasteiger partial charge in [0.1, 0.15) is 11.6 Å². The Hall–Kier alpha value is -1.55. The second-order valence-corrected chi connectivity index (χ2v) is 6.38. The number of imidazole rings is 1. The van der Waals surface area contributed by atoms with E-state index in [0.29, 0.717) is 0 Å². The summed E-state index contributed by atoms with van der Waals surface area (Å²) in [5, 5.41) is 0. The SMILES string of the molecule is CCn1c(C(C)(C)C(C)(C)N)nc2cc(OC)ccc21. The molecule has 0 aliphatic heterocycles. The van der Waals surface area contributed by atoms with E-state index in [4.69, 9.17) is 15.5 Å². The molecule has 2 N–H and O–H groups in total. The van der Waals surface area contributed by atoms with Crippen LogP contribution < -0.4 is 10.5 Å². The van der Waals surface area contributed by atoms with Crippen LogP contribution in [0.2, 0.25) is 0 Å². The lowest BCUT2D eigenvalue weighted by Crippen LogP contribution is -2.51. The zero-order valence-corrected chi connectivity index (χ0v) is 13.3. The molecule has 0 aliphatic carbocycles. The molecule has 0 bridgehead atoms. The van der Waals surface area contributed by atoms with Crippen LogP contribution >= 0.6 is 0 Å². The maximum Gasteiger partial charge on any atom is 0.121 e. The molecule has 0 fully saturated rings. The number of methoxy groups -OCH3 is 1. The van der Waals surface area contributed by atoms with Gasteiger partial charge in [0.05, 0.1) is 18.1 Å². The van der Waals surface area contributed by atoms with E-state index in [1.54, 1.807) is 7.11 Å². The van der Waals surface area contributed by atoms with Crippen LogP contribution in [0, 0.1) is 0 Å². The number of hydrogen-bond acceptors (Lipinski definition) is 3. The van der Waals surface area contributed by atoms with E-state index >= 15 is 0 Å². The molecule has 4 nitrogen and oxygen atoms in total. The highest BCUT2D eigenvalue weighted by atomic mass is 16.5. The molecule has 0 radical (unpaired) electrons. The number of hydrogen-bond donors (Lipinski definition) is 1. The van der Waals surface area contributed by atoms with Gasteiger partial charge in [-0.3, -0.25) is 0 Å². The molecular formula is C16H25N3O. The van der Waals surface area contributed by atoms with Gasteiger partial charge >= 0.3 is 0 Å². The lowest BCUT2D eigenvalue weighted by molar-refractivity contribution is 0.283. The molecule has 0 spiro atoms. The van der Waals surface area contributed by atoms with Crippen LogP contribution in [0.1, 0.15) is 40.4 Å². The fourth-order valence-corrected chi connectivity index (χ4v) is 2.32. The summed E-state index contributed by atoms with van der Waals surface area (Å²) >= 11 is 0. The predicted octanol–water partition coefficient (Wildman–Crippen LogP) is 3.08. The molecule has 1 heterocycles. The van der Waals surface area contributed by atoms with Crippen molar-refractivity contribution in [1.29, 1.82) is 0 Å². The molecule has 2 rings (SSSR count). The molecule has 2 aromatic rings. The fraction of sp³-hybridized carbons (Fsp3) is 0.562. The smallest absolute Gasteiger partial charge is 0.121 e. The van der Waals surface area contributed by atoms with Crippen molar-refractivity contribution in [3.63, 3.8) is 0 Å². The van der Waals surface area contributed by atoms with Crippen molar-refractivity contribution < 1.29 is 4.74 Å². The summed E-state index contributed by atoms with van der Waals surface area (Å²) in [6.45, 7) is 11.4. The normalized spacial score (nSPS) is 12.9. The number of nitrogens with zero attached hydrogens (tertiary/aromatic N) is 2. The number of nitrogens with two attached hydrogens (primary N) is 1. The second-order valence-electron chi connectivity index (χ2n) is 6.38. The quantitative estimate of drug-likeness (QED) is 0.933. The zero-order valence-electron chi connectivity index (χ0n) is 13.3. The molecule has 0 aliphatic rings. The molecule has 1 aromatic heterocycles. The first-order chi connectivity index (χ1) is 9.22. The van der Waals surface area contributed by atoms with Crippen molar-refractivity contribution in [2.45, 2.75) is 52.1 Å². The van der Waals surface area contributed by atoms with Gasteiger partial charge in [-0.2, -0.15) is 0 Å². The third-order valence-electron chi connectivity index (χ3n) is 4.44. The average Bonchev–Trinajstić information content (AvgIpc) is 2.75. The van der Waals surface area contributed by atoms with E-state index in [1.165, 1.54) is 0 Å². The highest BCUT2D eigenvalue weighted by Crippen LogP contribution is 2.35. The van der Waals surface area contributed by atoms with Crippen molar-refractivity contribution in [3.05, 3.63) is 24.0 Å². The lowest BCUT2D eigenvalue weighted by atomic mass is 9.74. The van der Waals surface area contributed by atoms with Crippen LogP contribution in [0.3, 0.4) is 0 Å². The molecule has 0 unspecified atom stereocenters. The summed E-state index contributed by atoms with van der Waals surface area (Å²) in [6.07, 6.45) is 0. The first-order valence-electron chi connectivity index (χ1n) is 7.06. The third kappa shape index (κ3) is 2.18. The molecule has 0 atom stereocenters. The maximum atomic E-state index is 6.37. The Balaban J connectivity index is 2.71. The summed E-state index contributed by atoms with van der Waals surface area (Å²) in [6, 6.07) is 6.01. The Morgan fingerprint density at radius 3 is 2.40 bits per heavy atom. The van der Waals surface area contributed by atoms with Crippen LogP contribution in [0.5, 0.6) is 5.75 Å². The molecule has 1 aromatic carbocycles. The van der Waals surface area contributed by atoms with E-state index in [0.717, 1.165) is 29.2 Å². The molecule has 0 amide bonds. The van der Waals surface area contributed by atoms with Gasteiger partial charge in [0.15, 0.2) is 0 Å². The van der Waals surface area contributed by atoms with Gasteiger partial charge < -0.3 is 15.0 Å². The van der Waals surface area contributed by atoms with Crippen LogP contribution in [-0.4, -0.2) is 22.2 Å². The minimum atomic E-state index is -0.356. The lowest BCUT2D eigenvalue weighted by Gasteiger charge is -2.38. The van der Waals surface area contributed by atoms with Crippen molar-refractivity contribution in [2.24, 2.45) is 5.73 Å². The first-order valence-corrected chi connectivity index (χ1v) is 7.06. The minimum Gasteiger partial charge on any atom is -0.497 e. The van der Waals surface area contributed by atoms with Crippen molar-refractivity contribution >= 4 is 11.0 Å². The third-order valence-corrected chi connectivity index (χ3v) is 4.44. The highest BCUT2D eigenvalue weighted by molar-refractivity contribution is 5.78. The standard InChI is InChI=1S/C16H25N3O/c1-7-19-13-9-8-11(20-6)10-12(13)18-14(19)15(2,3)16(4,5)17/h8-10H,7,17H2,1-6H3. The molecule has 0 saturated heterocycles. The van der Waals surface area contributed by atoms with E-state index in [1.807, 2.05) is 26.0 Å². The van der Waals surface area contributed by atoms with Gasteiger partial charge in [-0.25, -0.2) is 4.98 Å². The summed E-state index contributed by atoms with van der Waals surface area (Å²) in [4.78, 5) is 4.83. The Morgan fingerprint density at radius 1 is 1.25 bits per heavy atom. The number of ether oxygens (including phenoxy) is 1. The maximum absolute atomic E-state index is 6.37. The number of rotatable bonds is 4. The monoisotopic (exact) mass is 275 g/mol. The summed E-state index contributed by atoms with van der Waals surface area (Å²) in [7, 11) is 1.67. The van der Waals surface area contributed by atoms with Gasteiger partial charge in [-0.15, -0.1) is 0 Å². The minimum absolute atomic E-state index is 0.227. The topological polar surface area (TPSA) is 53.1 Å². The van der Waals surface area contributed by atoms with Crippen LogP contribution in [0.4, 0.5) is 0 Å². The predicted molar refractivity (Wildman–Crippen MR) is 83.3 cm³/mol. The number of fused-ring (bicyclic) bond motifs is 1. The average molecular weight is 275 g/mol. The summed E-state index contributed by atoms with van der Waals surface area (Å²) in [5.74, 6) is 1.85. The van der Waals surface area contributed by atoms with Gasteiger partial charge in [-0.05, 0) is 32.9 Å². The summed E-state index contributed by atoms with van der Waals surface area (Å²) in [5.41, 5.74) is 7.87. The number of aryl methyl sites for hydroxylation is 1. The molecular weight excluding hydrogens is 250 g/mol. The van der Waals surface area contributed by atoms with Crippen molar-refractivity contribution in [2.75, 3.05) is 7.11 Å². The Kier molecular flexibility index (Phi) is 3.54. The Bertz CT molecular complexity index is 620. The van der Waals surface area contributed by atoms with Gasteiger partial charge in [0, 0.05) is 23.6 Å².